The van der Waals surface area contributed by atoms with E-state index in [1.54, 1.807) is 6.08 Å². The predicted octanol–water partition coefficient (Wildman–Crippen LogP) is 7.04. The minimum Gasteiger partial charge on any atom is -0.462 e. The molecule has 0 heterocycles. The second-order valence-electron chi connectivity index (χ2n) is 7.79. The van der Waals surface area contributed by atoms with Gasteiger partial charge in [0.2, 0.25) is 0 Å². The highest BCUT2D eigenvalue weighted by molar-refractivity contribution is 5.71. The Morgan fingerprint density at radius 1 is 0.694 bits per heavy atom. The average Bonchev–Trinajstić information content (AvgIpc) is 2.88. The number of ether oxygens (including phenoxy) is 2. The number of hydrogen-bond acceptors (Lipinski definition) is 5. The molecule has 0 aromatic heterocycles. The van der Waals surface area contributed by atoms with Crippen LogP contribution in [0.3, 0.4) is 0 Å². The van der Waals surface area contributed by atoms with Crippen molar-refractivity contribution in [3.8, 4) is 0 Å². The van der Waals surface area contributed by atoms with E-state index in [0.717, 1.165) is 32.1 Å². The summed E-state index contributed by atoms with van der Waals surface area (Å²) in [4.78, 5) is 23.8. The van der Waals surface area contributed by atoms with Gasteiger partial charge in [0.15, 0.2) is 6.10 Å². The Labute approximate surface area is 218 Å². The van der Waals surface area contributed by atoms with Crippen molar-refractivity contribution < 1.29 is 24.2 Å². The summed E-state index contributed by atoms with van der Waals surface area (Å²) in [7, 11) is 0. The van der Waals surface area contributed by atoms with Crippen molar-refractivity contribution in [2.45, 2.75) is 71.3 Å². The van der Waals surface area contributed by atoms with Crippen LogP contribution >= 0.6 is 0 Å². The molecule has 36 heavy (non-hydrogen) atoms. The molecule has 5 heteroatoms. The second kappa shape index (κ2) is 26.4. The van der Waals surface area contributed by atoms with Crippen molar-refractivity contribution >= 4 is 11.9 Å². The Morgan fingerprint density at radius 2 is 1.25 bits per heavy atom. The first kappa shape index (κ1) is 32.8. The van der Waals surface area contributed by atoms with Crippen LogP contribution in [0, 0.1) is 0 Å². The Hall–Kier alpha value is -3.18. The molecule has 0 aromatic rings. The van der Waals surface area contributed by atoms with E-state index in [0.29, 0.717) is 6.42 Å². The summed E-state index contributed by atoms with van der Waals surface area (Å²) in [6.07, 6.45) is 36.4. The summed E-state index contributed by atoms with van der Waals surface area (Å²) >= 11 is 0. The summed E-state index contributed by atoms with van der Waals surface area (Å²) in [5.41, 5.74) is 0. The standard InChI is InChI=1S/C31H44O5/c1-3-5-7-9-11-13-14-15-16-18-19-21-23-25-30(33)35-28-29(27-32)36-31(34)26-24-22-20-17-12-10-8-6-4-2/h5-9,11-19,22,24,29,32H,3-4,10,20-21,23,25-28H2,1-2H3/b7-5+,8-6+,11-9+,14-13+,16-15+,17-12+,19-18+,24-22+. The molecule has 0 rings (SSSR count). The number of allylic oxidation sites excluding steroid dienone is 15. The van der Waals surface area contributed by atoms with E-state index in [-0.39, 0.29) is 25.4 Å². The number of rotatable bonds is 20. The van der Waals surface area contributed by atoms with E-state index in [9.17, 15) is 14.7 Å². The first-order valence-electron chi connectivity index (χ1n) is 12.9. The molecule has 1 unspecified atom stereocenters. The molecule has 1 atom stereocenters. The smallest absolute Gasteiger partial charge is 0.310 e. The second-order valence-corrected chi connectivity index (χ2v) is 7.79. The van der Waals surface area contributed by atoms with Crippen LogP contribution in [0.4, 0.5) is 0 Å². The van der Waals surface area contributed by atoms with Gasteiger partial charge in [-0.3, -0.25) is 9.59 Å². The zero-order valence-electron chi connectivity index (χ0n) is 22.0. The maximum absolute atomic E-state index is 11.9. The van der Waals surface area contributed by atoms with Gasteiger partial charge in [0.25, 0.3) is 0 Å². The highest BCUT2D eigenvalue weighted by atomic mass is 16.6. The summed E-state index contributed by atoms with van der Waals surface area (Å²) in [5.74, 6) is -0.839. The molecule has 0 aliphatic rings. The minimum absolute atomic E-state index is 0.109. The quantitative estimate of drug-likeness (QED) is 0.0846. The lowest BCUT2D eigenvalue weighted by atomic mass is 10.2. The van der Waals surface area contributed by atoms with Crippen molar-refractivity contribution in [1.29, 1.82) is 0 Å². The lowest BCUT2D eigenvalue weighted by molar-refractivity contribution is -0.160. The number of unbranched alkanes of at least 4 members (excludes halogenated alkanes) is 1. The fourth-order valence-corrected chi connectivity index (χ4v) is 2.64. The third-order valence-electron chi connectivity index (χ3n) is 4.53. The predicted molar refractivity (Wildman–Crippen MR) is 149 cm³/mol. The summed E-state index contributed by atoms with van der Waals surface area (Å²) in [6.45, 7) is 3.65. The molecule has 0 aliphatic heterocycles. The SMILES string of the molecule is CC/C=C/C=C/C=C/C=C/C=C/CCCC(=O)OCC(CO)OC(=O)C/C=C/C/C=C/C/C=C/CC. The number of carbonyl (C=O) groups excluding carboxylic acids is 2. The molecule has 0 radical (unpaired) electrons. The van der Waals surface area contributed by atoms with E-state index in [2.05, 4.69) is 38.2 Å². The number of carbonyl (C=O) groups is 2. The van der Waals surface area contributed by atoms with Crippen LogP contribution < -0.4 is 0 Å². The molecule has 0 aliphatic carbocycles. The highest BCUT2D eigenvalue weighted by Gasteiger charge is 2.15. The average molecular weight is 497 g/mol. The molecule has 0 aromatic carbocycles. The number of esters is 2. The Bertz CT molecular complexity index is 794. The largest absolute Gasteiger partial charge is 0.462 e. The van der Waals surface area contributed by atoms with Crippen molar-refractivity contribution in [3.63, 3.8) is 0 Å². The van der Waals surface area contributed by atoms with Gasteiger partial charge in [0.1, 0.15) is 6.61 Å². The van der Waals surface area contributed by atoms with Gasteiger partial charge >= 0.3 is 11.9 Å². The maximum atomic E-state index is 11.9. The van der Waals surface area contributed by atoms with Crippen LogP contribution in [0.15, 0.2) is 97.2 Å². The molecule has 0 fully saturated rings. The van der Waals surface area contributed by atoms with Gasteiger partial charge in [0.05, 0.1) is 13.0 Å². The summed E-state index contributed by atoms with van der Waals surface area (Å²) in [5, 5.41) is 9.39. The summed E-state index contributed by atoms with van der Waals surface area (Å²) < 4.78 is 10.3. The fraction of sp³-hybridized carbons (Fsp3) is 0.419. The lowest BCUT2D eigenvalue weighted by Gasteiger charge is -2.15. The fourth-order valence-electron chi connectivity index (χ4n) is 2.64. The topological polar surface area (TPSA) is 72.8 Å². The van der Waals surface area contributed by atoms with E-state index in [4.69, 9.17) is 9.47 Å². The first-order valence-corrected chi connectivity index (χ1v) is 12.9. The zero-order valence-corrected chi connectivity index (χ0v) is 22.0. The number of aliphatic hydroxyl groups is 1. The van der Waals surface area contributed by atoms with Crippen LogP contribution in [0.5, 0.6) is 0 Å². The molecule has 0 spiro atoms. The normalized spacial score (nSPS) is 13.8. The molecule has 0 saturated carbocycles. The number of hydrogen-bond donors (Lipinski definition) is 1. The molecule has 0 amide bonds. The van der Waals surface area contributed by atoms with Gasteiger partial charge < -0.3 is 14.6 Å². The molecule has 5 nitrogen and oxygen atoms in total. The lowest BCUT2D eigenvalue weighted by Crippen LogP contribution is -2.28. The van der Waals surface area contributed by atoms with Crippen molar-refractivity contribution in [3.05, 3.63) is 97.2 Å². The molecule has 198 valence electrons. The van der Waals surface area contributed by atoms with E-state index >= 15 is 0 Å². The van der Waals surface area contributed by atoms with E-state index in [1.165, 1.54) is 0 Å². The van der Waals surface area contributed by atoms with Crippen LogP contribution in [-0.4, -0.2) is 36.4 Å². The van der Waals surface area contributed by atoms with Crippen molar-refractivity contribution in [2.75, 3.05) is 13.2 Å². The number of aliphatic hydroxyl groups excluding tert-OH is 1. The first-order chi connectivity index (χ1) is 17.6. The van der Waals surface area contributed by atoms with Crippen molar-refractivity contribution in [2.24, 2.45) is 0 Å². The van der Waals surface area contributed by atoms with Crippen LogP contribution in [-0.2, 0) is 19.1 Å². The van der Waals surface area contributed by atoms with Crippen LogP contribution in [0.2, 0.25) is 0 Å². The third kappa shape index (κ3) is 24.0. The Kier molecular flexibility index (Phi) is 24.1. The molecule has 1 N–H and O–H groups in total. The van der Waals surface area contributed by atoms with Gasteiger partial charge in [-0.1, -0.05) is 111 Å². The van der Waals surface area contributed by atoms with Gasteiger partial charge in [-0.25, -0.2) is 0 Å². The zero-order chi connectivity index (χ0) is 26.5. The molecular weight excluding hydrogens is 452 g/mol. The van der Waals surface area contributed by atoms with Crippen molar-refractivity contribution in [1.82, 2.24) is 0 Å². The monoisotopic (exact) mass is 496 g/mol. The molecule has 0 saturated heterocycles. The molecular formula is C31H44O5. The van der Waals surface area contributed by atoms with Gasteiger partial charge in [-0.15, -0.1) is 0 Å². The van der Waals surface area contributed by atoms with Gasteiger partial charge in [-0.2, -0.15) is 0 Å². The van der Waals surface area contributed by atoms with Gasteiger partial charge in [0, 0.05) is 6.42 Å². The Morgan fingerprint density at radius 3 is 1.86 bits per heavy atom. The highest BCUT2D eigenvalue weighted by Crippen LogP contribution is 2.03. The van der Waals surface area contributed by atoms with E-state index in [1.807, 2.05) is 66.8 Å². The van der Waals surface area contributed by atoms with Gasteiger partial charge in [-0.05, 0) is 38.5 Å². The summed E-state index contributed by atoms with van der Waals surface area (Å²) in [6, 6.07) is 0. The molecule has 0 bridgehead atoms. The third-order valence-corrected chi connectivity index (χ3v) is 4.53. The maximum Gasteiger partial charge on any atom is 0.310 e. The van der Waals surface area contributed by atoms with Crippen LogP contribution in [0.1, 0.15) is 65.2 Å². The van der Waals surface area contributed by atoms with Crippen LogP contribution in [0.25, 0.3) is 0 Å². The Balaban J connectivity index is 3.97. The van der Waals surface area contributed by atoms with E-state index < -0.39 is 18.7 Å². The minimum atomic E-state index is -0.851.